The summed E-state index contributed by atoms with van der Waals surface area (Å²) in [5.74, 6) is 0. The fourth-order valence-electron chi connectivity index (χ4n) is 2.28. The molecule has 1 aliphatic rings. The molecular weight excluding hydrogens is 204 g/mol. The van der Waals surface area contributed by atoms with E-state index in [0.29, 0.717) is 0 Å². The molecule has 0 aliphatic carbocycles. The molecule has 1 aromatic carbocycles. The number of hydrogen-bond acceptors (Lipinski definition) is 2. The van der Waals surface area contributed by atoms with Crippen LogP contribution in [0.2, 0.25) is 0 Å². The zero-order chi connectivity index (χ0) is 10.4. The summed E-state index contributed by atoms with van der Waals surface area (Å²) in [4.78, 5) is 1.43. The minimum absolute atomic E-state index is 0.284. The van der Waals surface area contributed by atoms with Crippen LogP contribution in [-0.2, 0) is 11.2 Å². The van der Waals surface area contributed by atoms with Crippen LogP contribution in [0, 0.1) is 6.92 Å². The Labute approximate surface area is 93.7 Å². The van der Waals surface area contributed by atoms with Crippen LogP contribution in [0.25, 0.3) is 10.1 Å². The molecule has 0 saturated heterocycles. The van der Waals surface area contributed by atoms with Crippen LogP contribution in [0.15, 0.2) is 18.2 Å². The maximum absolute atomic E-state index is 5.67. The predicted molar refractivity (Wildman–Crippen MR) is 64.6 cm³/mol. The SMILES string of the molecule is Cc1ccc2c3c(sc2c1)C(C)OCC3. The Bertz CT molecular complexity index is 512. The molecule has 0 bridgehead atoms. The lowest BCUT2D eigenvalue weighted by molar-refractivity contribution is 0.0589. The van der Waals surface area contributed by atoms with Gasteiger partial charge in [-0.1, -0.05) is 12.1 Å². The van der Waals surface area contributed by atoms with E-state index in [1.807, 2.05) is 11.3 Å². The number of benzene rings is 1. The quantitative estimate of drug-likeness (QED) is 0.652. The second-order valence-electron chi connectivity index (χ2n) is 4.21. The Kier molecular flexibility index (Phi) is 2.08. The number of fused-ring (bicyclic) bond motifs is 3. The summed E-state index contributed by atoms with van der Waals surface area (Å²) >= 11 is 1.90. The van der Waals surface area contributed by atoms with Crippen LogP contribution in [-0.4, -0.2) is 6.61 Å². The maximum atomic E-state index is 5.67. The van der Waals surface area contributed by atoms with Crippen molar-refractivity contribution in [3.05, 3.63) is 34.2 Å². The highest BCUT2D eigenvalue weighted by Gasteiger charge is 2.21. The highest BCUT2D eigenvalue weighted by molar-refractivity contribution is 7.19. The topological polar surface area (TPSA) is 9.23 Å². The molecule has 1 nitrogen and oxygen atoms in total. The molecule has 0 spiro atoms. The van der Waals surface area contributed by atoms with E-state index in [4.69, 9.17) is 4.74 Å². The summed E-state index contributed by atoms with van der Waals surface area (Å²) in [6.45, 7) is 5.17. The molecule has 2 aromatic rings. The van der Waals surface area contributed by atoms with Crippen LogP contribution in [0.1, 0.15) is 29.0 Å². The molecule has 78 valence electrons. The van der Waals surface area contributed by atoms with Gasteiger partial charge in [0.05, 0.1) is 12.7 Å². The van der Waals surface area contributed by atoms with E-state index < -0.39 is 0 Å². The van der Waals surface area contributed by atoms with E-state index in [1.54, 1.807) is 0 Å². The van der Waals surface area contributed by atoms with Crippen molar-refractivity contribution in [2.24, 2.45) is 0 Å². The Morgan fingerprint density at radius 1 is 1.40 bits per heavy atom. The molecule has 1 unspecified atom stereocenters. The standard InChI is InChI=1S/C13H14OS/c1-8-3-4-10-11-5-6-14-9(2)13(11)15-12(10)7-8/h3-4,7,9H,5-6H2,1-2H3. The lowest BCUT2D eigenvalue weighted by atomic mass is 10.0. The first-order chi connectivity index (χ1) is 7.25. The van der Waals surface area contributed by atoms with Crippen molar-refractivity contribution in [1.82, 2.24) is 0 Å². The van der Waals surface area contributed by atoms with E-state index in [0.717, 1.165) is 13.0 Å². The molecular formula is C13H14OS. The van der Waals surface area contributed by atoms with E-state index in [2.05, 4.69) is 32.0 Å². The zero-order valence-corrected chi connectivity index (χ0v) is 9.86. The first-order valence-corrected chi connectivity index (χ1v) is 6.21. The van der Waals surface area contributed by atoms with Crippen LogP contribution in [0.5, 0.6) is 0 Å². The van der Waals surface area contributed by atoms with Crippen LogP contribution < -0.4 is 0 Å². The summed E-state index contributed by atoms with van der Waals surface area (Å²) in [7, 11) is 0. The number of rotatable bonds is 0. The summed E-state index contributed by atoms with van der Waals surface area (Å²) < 4.78 is 7.09. The highest BCUT2D eigenvalue weighted by atomic mass is 32.1. The molecule has 0 fully saturated rings. The van der Waals surface area contributed by atoms with Gasteiger partial charge in [-0.05, 0) is 42.8 Å². The highest BCUT2D eigenvalue weighted by Crippen LogP contribution is 2.39. The van der Waals surface area contributed by atoms with Gasteiger partial charge in [0.1, 0.15) is 0 Å². The Balaban J connectivity index is 2.30. The van der Waals surface area contributed by atoms with E-state index >= 15 is 0 Å². The Morgan fingerprint density at radius 3 is 3.13 bits per heavy atom. The van der Waals surface area contributed by atoms with Gasteiger partial charge < -0.3 is 4.74 Å². The van der Waals surface area contributed by atoms with E-state index in [1.165, 1.54) is 26.1 Å². The van der Waals surface area contributed by atoms with Gasteiger partial charge in [0.15, 0.2) is 0 Å². The molecule has 1 aromatic heterocycles. The summed E-state index contributed by atoms with van der Waals surface area (Å²) in [5.41, 5.74) is 2.86. The van der Waals surface area contributed by atoms with Crippen molar-refractivity contribution < 1.29 is 4.74 Å². The van der Waals surface area contributed by atoms with Crippen molar-refractivity contribution in [2.45, 2.75) is 26.4 Å². The van der Waals surface area contributed by atoms with Crippen LogP contribution in [0.4, 0.5) is 0 Å². The lowest BCUT2D eigenvalue weighted by Gasteiger charge is -2.19. The number of thiophene rings is 1. The molecule has 0 saturated carbocycles. The number of hydrogen-bond donors (Lipinski definition) is 0. The Hall–Kier alpha value is -0.860. The molecule has 0 radical (unpaired) electrons. The molecule has 3 rings (SSSR count). The summed E-state index contributed by atoms with van der Waals surface area (Å²) in [5, 5.41) is 1.44. The fraction of sp³-hybridized carbons (Fsp3) is 0.385. The largest absolute Gasteiger partial charge is 0.373 e. The molecule has 1 atom stereocenters. The minimum Gasteiger partial charge on any atom is -0.373 e. The van der Waals surface area contributed by atoms with Gasteiger partial charge >= 0.3 is 0 Å². The van der Waals surface area contributed by atoms with Gasteiger partial charge in [-0.25, -0.2) is 0 Å². The van der Waals surface area contributed by atoms with E-state index in [9.17, 15) is 0 Å². The monoisotopic (exact) mass is 218 g/mol. The van der Waals surface area contributed by atoms with Gasteiger partial charge in [0, 0.05) is 9.58 Å². The second kappa shape index (κ2) is 3.32. The van der Waals surface area contributed by atoms with Crippen LogP contribution >= 0.6 is 11.3 Å². The molecule has 1 aliphatic heterocycles. The van der Waals surface area contributed by atoms with Crippen molar-refractivity contribution in [1.29, 1.82) is 0 Å². The molecule has 15 heavy (non-hydrogen) atoms. The average molecular weight is 218 g/mol. The third-order valence-electron chi connectivity index (χ3n) is 3.07. The van der Waals surface area contributed by atoms with Crippen molar-refractivity contribution >= 4 is 21.4 Å². The zero-order valence-electron chi connectivity index (χ0n) is 9.04. The van der Waals surface area contributed by atoms with Crippen molar-refractivity contribution in [2.75, 3.05) is 6.61 Å². The molecule has 0 amide bonds. The van der Waals surface area contributed by atoms with Gasteiger partial charge in [-0.2, -0.15) is 0 Å². The van der Waals surface area contributed by atoms with Crippen molar-refractivity contribution in [3.63, 3.8) is 0 Å². The molecule has 2 heteroatoms. The smallest absolute Gasteiger partial charge is 0.0892 e. The average Bonchev–Trinajstić information content (AvgIpc) is 2.57. The lowest BCUT2D eigenvalue weighted by Crippen LogP contribution is -2.11. The summed E-state index contributed by atoms with van der Waals surface area (Å²) in [6.07, 6.45) is 1.36. The molecule has 2 heterocycles. The minimum atomic E-state index is 0.284. The number of aryl methyl sites for hydroxylation is 1. The van der Waals surface area contributed by atoms with Gasteiger partial charge in [0.25, 0.3) is 0 Å². The summed E-state index contributed by atoms with van der Waals surface area (Å²) in [6, 6.07) is 6.75. The predicted octanol–water partition coefficient (Wildman–Crippen LogP) is 3.84. The van der Waals surface area contributed by atoms with E-state index in [-0.39, 0.29) is 6.10 Å². The van der Waals surface area contributed by atoms with Crippen molar-refractivity contribution in [3.8, 4) is 0 Å². The third-order valence-corrected chi connectivity index (χ3v) is 4.42. The number of ether oxygens (including phenoxy) is 1. The first-order valence-electron chi connectivity index (χ1n) is 5.39. The normalized spacial score (nSPS) is 20.5. The van der Waals surface area contributed by atoms with Gasteiger partial charge in [-0.15, -0.1) is 11.3 Å². The fourth-order valence-corrected chi connectivity index (χ4v) is 3.63. The molecule has 0 N–H and O–H groups in total. The maximum Gasteiger partial charge on any atom is 0.0892 e. The third kappa shape index (κ3) is 1.40. The second-order valence-corrected chi connectivity index (χ2v) is 5.29. The van der Waals surface area contributed by atoms with Gasteiger partial charge in [0.2, 0.25) is 0 Å². The van der Waals surface area contributed by atoms with Gasteiger partial charge in [-0.3, -0.25) is 0 Å². The Morgan fingerprint density at radius 2 is 2.27 bits per heavy atom. The van der Waals surface area contributed by atoms with Crippen LogP contribution in [0.3, 0.4) is 0 Å². The first kappa shape index (κ1) is 9.37.